The largest absolute Gasteiger partial charge is 0.0738 e. The van der Waals surface area contributed by atoms with Gasteiger partial charge in [0.05, 0.1) is 0 Å². The van der Waals surface area contributed by atoms with E-state index in [1.807, 2.05) is 0 Å². The second-order valence-corrected chi connectivity index (χ2v) is 2.62. The van der Waals surface area contributed by atoms with E-state index in [1.165, 1.54) is 11.1 Å². The van der Waals surface area contributed by atoms with Gasteiger partial charge < -0.3 is 0 Å². The third-order valence-corrected chi connectivity index (χ3v) is 1.54. The summed E-state index contributed by atoms with van der Waals surface area (Å²) in [5.74, 6) is 0.660. The van der Waals surface area contributed by atoms with Crippen LogP contribution in [0.15, 0.2) is 11.1 Å². The first-order chi connectivity index (χ1) is 3.55. The van der Waals surface area contributed by atoms with E-state index in [9.17, 15) is 0 Å². The summed E-state index contributed by atoms with van der Waals surface area (Å²) in [5.41, 5.74) is 2.62. The van der Waals surface area contributed by atoms with Crippen LogP contribution in [0.5, 0.6) is 0 Å². The normalized spacial score (nSPS) is 14.2. The molecule has 0 aromatic carbocycles. The van der Waals surface area contributed by atoms with Gasteiger partial charge in [-0.15, -0.1) is 0 Å². The fraction of sp³-hybridized carbons (Fsp3) is 0.625. The Kier molecular flexibility index (Phi) is 2.81. The molecular weight excluding hydrogens is 96.1 g/mol. The molecule has 0 heteroatoms. The molecule has 0 bridgehead atoms. The van der Waals surface area contributed by atoms with Gasteiger partial charge in [-0.1, -0.05) is 25.0 Å². The standard InChI is InChI=1S/C8H15/c1-6(2)8(5)7(3)4/h7H,1H2,2-5H3/b8-6-. The molecule has 47 valence electrons. The molecular formula is C8H15. The van der Waals surface area contributed by atoms with E-state index in [2.05, 4.69) is 34.6 Å². The zero-order chi connectivity index (χ0) is 6.73. The first-order valence-corrected chi connectivity index (χ1v) is 3.05. The quantitative estimate of drug-likeness (QED) is 0.488. The highest BCUT2D eigenvalue weighted by atomic mass is 14.0. The highest BCUT2D eigenvalue weighted by Crippen LogP contribution is 2.11. The lowest BCUT2D eigenvalue weighted by atomic mass is 10.0. The lowest BCUT2D eigenvalue weighted by Crippen LogP contribution is -1.90. The van der Waals surface area contributed by atoms with Crippen molar-refractivity contribution in [2.24, 2.45) is 5.92 Å². The summed E-state index contributed by atoms with van der Waals surface area (Å²) in [6, 6.07) is 0. The first kappa shape index (κ1) is 7.74. The summed E-state index contributed by atoms with van der Waals surface area (Å²) in [6.45, 7) is 12.4. The highest BCUT2D eigenvalue weighted by Gasteiger charge is 1.95. The molecule has 0 rings (SSSR count). The zero-order valence-corrected chi connectivity index (χ0v) is 6.28. The van der Waals surface area contributed by atoms with E-state index in [0.29, 0.717) is 5.92 Å². The molecule has 0 aromatic rings. The van der Waals surface area contributed by atoms with E-state index in [1.54, 1.807) is 0 Å². The van der Waals surface area contributed by atoms with Crippen LogP contribution in [0.4, 0.5) is 0 Å². The average Bonchev–Trinajstić information content (AvgIpc) is 1.64. The van der Waals surface area contributed by atoms with E-state index >= 15 is 0 Å². The molecule has 0 nitrogen and oxygen atoms in total. The van der Waals surface area contributed by atoms with E-state index in [0.717, 1.165) is 0 Å². The molecule has 0 N–H and O–H groups in total. The Morgan fingerprint density at radius 1 is 1.25 bits per heavy atom. The Morgan fingerprint density at radius 2 is 1.62 bits per heavy atom. The van der Waals surface area contributed by atoms with Crippen LogP contribution in [-0.4, -0.2) is 0 Å². The SMILES string of the molecule is [CH2]/C(C)=C(\C)C(C)C. The van der Waals surface area contributed by atoms with Crippen LogP contribution in [0.1, 0.15) is 27.7 Å². The first-order valence-electron chi connectivity index (χ1n) is 3.05. The Hall–Kier alpha value is -0.260. The summed E-state index contributed by atoms with van der Waals surface area (Å²) in [6.07, 6.45) is 0. The highest BCUT2D eigenvalue weighted by molar-refractivity contribution is 5.13. The van der Waals surface area contributed by atoms with Crippen molar-refractivity contribution in [3.05, 3.63) is 18.1 Å². The fourth-order valence-corrected chi connectivity index (χ4v) is 0.493. The molecule has 1 radical (unpaired) electrons. The minimum absolute atomic E-state index is 0.660. The monoisotopic (exact) mass is 111 g/mol. The van der Waals surface area contributed by atoms with Crippen molar-refractivity contribution in [1.29, 1.82) is 0 Å². The molecule has 0 aliphatic carbocycles. The molecule has 8 heavy (non-hydrogen) atoms. The van der Waals surface area contributed by atoms with Crippen LogP contribution in [0.3, 0.4) is 0 Å². The predicted molar refractivity (Wildman–Crippen MR) is 38.6 cm³/mol. The van der Waals surface area contributed by atoms with E-state index < -0.39 is 0 Å². The Labute approximate surface area is 52.6 Å². The molecule has 0 spiro atoms. The van der Waals surface area contributed by atoms with Crippen LogP contribution in [0, 0.1) is 12.8 Å². The number of rotatable bonds is 1. The molecule has 0 saturated heterocycles. The molecule has 0 aromatic heterocycles. The number of allylic oxidation sites excluding steroid dienone is 2. The molecule has 0 fully saturated rings. The average molecular weight is 111 g/mol. The summed E-state index contributed by atoms with van der Waals surface area (Å²) in [4.78, 5) is 0. The van der Waals surface area contributed by atoms with Gasteiger partial charge in [0.25, 0.3) is 0 Å². The van der Waals surface area contributed by atoms with Crippen LogP contribution in [0.2, 0.25) is 0 Å². The topological polar surface area (TPSA) is 0 Å². The van der Waals surface area contributed by atoms with Crippen molar-refractivity contribution in [3.63, 3.8) is 0 Å². The minimum Gasteiger partial charge on any atom is -0.0738 e. The second kappa shape index (κ2) is 2.91. The van der Waals surface area contributed by atoms with Crippen LogP contribution >= 0.6 is 0 Å². The molecule has 0 heterocycles. The van der Waals surface area contributed by atoms with Crippen molar-refractivity contribution in [2.45, 2.75) is 27.7 Å². The summed E-state index contributed by atoms with van der Waals surface area (Å²) >= 11 is 0. The Balaban J connectivity index is 4.00. The van der Waals surface area contributed by atoms with E-state index in [4.69, 9.17) is 0 Å². The van der Waals surface area contributed by atoms with Gasteiger partial charge in [0.15, 0.2) is 0 Å². The minimum atomic E-state index is 0.660. The van der Waals surface area contributed by atoms with Gasteiger partial charge in [-0.25, -0.2) is 0 Å². The maximum absolute atomic E-state index is 3.84. The van der Waals surface area contributed by atoms with Gasteiger partial charge in [0, 0.05) is 0 Å². The van der Waals surface area contributed by atoms with Gasteiger partial charge in [-0.05, 0) is 26.7 Å². The predicted octanol–water partition coefficient (Wildman–Crippen LogP) is 2.81. The molecule has 0 amide bonds. The second-order valence-electron chi connectivity index (χ2n) is 2.62. The maximum Gasteiger partial charge on any atom is -0.0260 e. The van der Waals surface area contributed by atoms with Gasteiger partial charge in [0.1, 0.15) is 0 Å². The maximum atomic E-state index is 3.84. The van der Waals surface area contributed by atoms with Gasteiger partial charge in [-0.3, -0.25) is 0 Å². The van der Waals surface area contributed by atoms with Gasteiger partial charge in [-0.2, -0.15) is 0 Å². The zero-order valence-electron chi connectivity index (χ0n) is 6.28. The fourth-order valence-electron chi connectivity index (χ4n) is 0.493. The van der Waals surface area contributed by atoms with E-state index in [-0.39, 0.29) is 0 Å². The van der Waals surface area contributed by atoms with Crippen molar-refractivity contribution in [1.82, 2.24) is 0 Å². The smallest absolute Gasteiger partial charge is 0.0260 e. The third kappa shape index (κ3) is 2.15. The lowest BCUT2D eigenvalue weighted by Gasteiger charge is -2.05. The molecule has 0 aliphatic rings. The lowest BCUT2D eigenvalue weighted by molar-refractivity contribution is 0.760. The van der Waals surface area contributed by atoms with Crippen molar-refractivity contribution in [3.8, 4) is 0 Å². The van der Waals surface area contributed by atoms with Crippen molar-refractivity contribution < 1.29 is 0 Å². The van der Waals surface area contributed by atoms with Crippen LogP contribution < -0.4 is 0 Å². The Bertz CT molecular complexity index is 92.6. The third-order valence-electron chi connectivity index (χ3n) is 1.54. The van der Waals surface area contributed by atoms with Crippen LogP contribution in [-0.2, 0) is 0 Å². The number of hydrogen-bond acceptors (Lipinski definition) is 0. The van der Waals surface area contributed by atoms with Gasteiger partial charge in [0.2, 0.25) is 0 Å². The molecule has 0 saturated carbocycles. The van der Waals surface area contributed by atoms with Crippen molar-refractivity contribution in [2.75, 3.05) is 0 Å². The molecule has 0 aliphatic heterocycles. The Morgan fingerprint density at radius 3 is 1.62 bits per heavy atom. The van der Waals surface area contributed by atoms with Gasteiger partial charge >= 0.3 is 0 Å². The summed E-state index contributed by atoms with van der Waals surface area (Å²) in [7, 11) is 0. The summed E-state index contributed by atoms with van der Waals surface area (Å²) in [5, 5.41) is 0. The molecule has 0 unspecified atom stereocenters. The summed E-state index contributed by atoms with van der Waals surface area (Å²) < 4.78 is 0. The molecule has 0 atom stereocenters. The van der Waals surface area contributed by atoms with Crippen LogP contribution in [0.25, 0.3) is 0 Å². The van der Waals surface area contributed by atoms with Crippen molar-refractivity contribution >= 4 is 0 Å². The number of hydrogen-bond donors (Lipinski definition) is 0.